The Morgan fingerprint density at radius 2 is 2.12 bits per heavy atom. The Morgan fingerprint density at radius 1 is 1.35 bits per heavy atom. The molecule has 3 N–H and O–H groups in total. The number of fused-ring (bicyclic) bond motifs is 1. The van der Waals surface area contributed by atoms with Gasteiger partial charge in [-0.15, -0.1) is 0 Å². The van der Waals surface area contributed by atoms with Crippen molar-refractivity contribution in [2.75, 3.05) is 26.1 Å². The van der Waals surface area contributed by atoms with Gasteiger partial charge < -0.3 is 16.0 Å². The van der Waals surface area contributed by atoms with Crippen molar-refractivity contribution in [2.45, 2.75) is 16.7 Å². The quantitative estimate of drug-likeness (QED) is 0.582. The summed E-state index contributed by atoms with van der Waals surface area (Å²) in [6.45, 7) is -0.997. The van der Waals surface area contributed by atoms with E-state index in [4.69, 9.17) is 17.3 Å². The second-order valence-electron chi connectivity index (χ2n) is 8.40. The Hall–Kier alpha value is -2.98. The van der Waals surface area contributed by atoms with Crippen molar-refractivity contribution >= 4 is 46.0 Å². The molecule has 178 valence electrons. The molecule has 0 bridgehead atoms. The zero-order chi connectivity index (χ0) is 24.7. The van der Waals surface area contributed by atoms with Gasteiger partial charge in [-0.25, -0.2) is 18.8 Å². The normalized spacial score (nSPS) is 25.4. The van der Waals surface area contributed by atoms with Crippen molar-refractivity contribution in [3.63, 3.8) is 0 Å². The largest absolute Gasteiger partial charge is 0.378 e. The van der Waals surface area contributed by atoms with Crippen LogP contribution in [0.15, 0.2) is 53.7 Å². The number of nitrogens with one attached hydrogen (secondary N) is 1. The molecule has 4 rings (SSSR count). The number of likely N-dealkylation sites (N-methyl/N-ethyl adjacent to an activating group) is 1. The molecule has 1 saturated carbocycles. The van der Waals surface area contributed by atoms with Crippen molar-refractivity contribution in [2.24, 2.45) is 16.6 Å². The molecular weight excluding hydrogens is 484 g/mol. The Labute approximate surface area is 204 Å². The number of benzene rings is 1. The molecule has 2 amide bonds. The van der Waals surface area contributed by atoms with E-state index in [1.807, 2.05) is 0 Å². The van der Waals surface area contributed by atoms with Gasteiger partial charge in [0.15, 0.2) is 5.17 Å². The molecule has 1 aliphatic carbocycles. The maximum atomic E-state index is 15.1. The predicted octanol–water partition coefficient (Wildman–Crippen LogP) is 3.76. The number of nitrogens with two attached hydrogens (primary N) is 1. The fraction of sp³-hybridized carbons (Fsp3) is 0.304. The number of aliphatic imine (C=N–C) groups is 1. The minimum absolute atomic E-state index is 0.0145. The number of anilines is 1. The van der Waals surface area contributed by atoms with E-state index in [9.17, 15) is 14.0 Å². The molecule has 7 nitrogen and oxygen atoms in total. The molecule has 3 atom stereocenters. The lowest BCUT2D eigenvalue weighted by atomic mass is 9.84. The number of aromatic nitrogens is 1. The number of amidine groups is 1. The standard InChI is InChI=1S/C23H22ClF2N5O2S/c1-31(2)19(32)7-8-22-10-18(22)23(12-25,30-21(27)34-22)15-9-14(4-5-16(15)26)29-20(33)17-6-3-13(24)11-28-17/h3-9,11,18H,10,12H2,1-2H3,(H2,27,30)(H,29,33)/b8-7+/t18?,22-,23+/m0/s1. The number of carbonyl (C=O) groups excluding carboxylic acids is 2. The molecule has 2 aromatic rings. The summed E-state index contributed by atoms with van der Waals surface area (Å²) in [5, 5.41) is 3.13. The van der Waals surface area contributed by atoms with Gasteiger partial charge in [0.05, 0.1) is 5.02 Å². The molecule has 1 aromatic heterocycles. The van der Waals surface area contributed by atoms with E-state index < -0.39 is 34.6 Å². The van der Waals surface area contributed by atoms with Gasteiger partial charge in [-0.05, 0) is 36.8 Å². The summed E-state index contributed by atoms with van der Waals surface area (Å²) < 4.78 is 29.1. The highest BCUT2D eigenvalue weighted by molar-refractivity contribution is 8.15. The lowest BCUT2D eigenvalue weighted by molar-refractivity contribution is -0.123. The van der Waals surface area contributed by atoms with Crippen LogP contribution in [0.4, 0.5) is 14.5 Å². The molecule has 1 fully saturated rings. The number of carbonyl (C=O) groups is 2. The number of halogens is 3. The number of hydrogen-bond acceptors (Lipinski definition) is 6. The molecule has 11 heteroatoms. The van der Waals surface area contributed by atoms with Crippen LogP contribution in [0, 0.1) is 11.7 Å². The first-order valence-corrected chi connectivity index (χ1v) is 11.5. The third-order valence-corrected chi connectivity index (χ3v) is 7.43. The number of amides is 2. The number of hydrogen-bond donors (Lipinski definition) is 2. The summed E-state index contributed by atoms with van der Waals surface area (Å²) in [7, 11) is 3.25. The molecule has 2 aliphatic rings. The first-order chi connectivity index (χ1) is 16.1. The van der Waals surface area contributed by atoms with Crippen LogP contribution in [-0.2, 0) is 10.3 Å². The minimum Gasteiger partial charge on any atom is -0.378 e. The highest BCUT2D eigenvalue weighted by Gasteiger charge is 2.67. The van der Waals surface area contributed by atoms with Crippen molar-refractivity contribution in [3.8, 4) is 0 Å². The van der Waals surface area contributed by atoms with Crippen LogP contribution in [0.25, 0.3) is 0 Å². The summed E-state index contributed by atoms with van der Waals surface area (Å²) in [6, 6.07) is 6.87. The fourth-order valence-corrected chi connectivity index (χ4v) is 5.53. The Bertz CT molecular complexity index is 1210. The summed E-state index contributed by atoms with van der Waals surface area (Å²) in [5.74, 6) is -1.85. The zero-order valence-electron chi connectivity index (χ0n) is 18.4. The SMILES string of the molecule is CN(C)C(=O)/C=C/[C@]12CC1[C@@](CF)(c1cc(NC(=O)c3ccc(Cl)cn3)ccc1F)N=C(N)S2. The molecule has 1 unspecified atom stereocenters. The van der Waals surface area contributed by atoms with Gasteiger partial charge in [0.2, 0.25) is 5.91 Å². The molecule has 0 saturated heterocycles. The molecule has 2 heterocycles. The van der Waals surface area contributed by atoms with Gasteiger partial charge in [0.25, 0.3) is 5.91 Å². The van der Waals surface area contributed by atoms with Gasteiger partial charge in [-0.1, -0.05) is 29.4 Å². The molecular formula is C23H22ClF2N5O2S. The number of alkyl halides is 1. The third kappa shape index (κ3) is 4.39. The molecule has 0 spiro atoms. The second kappa shape index (κ2) is 8.99. The van der Waals surface area contributed by atoms with Crippen LogP contribution in [0.2, 0.25) is 5.02 Å². The average molecular weight is 506 g/mol. The molecule has 34 heavy (non-hydrogen) atoms. The maximum Gasteiger partial charge on any atom is 0.274 e. The van der Waals surface area contributed by atoms with Crippen molar-refractivity contribution in [1.29, 1.82) is 0 Å². The summed E-state index contributed by atoms with van der Waals surface area (Å²) >= 11 is 7.05. The van der Waals surface area contributed by atoms with E-state index in [1.165, 1.54) is 53.2 Å². The molecule has 1 aliphatic heterocycles. The van der Waals surface area contributed by atoms with Crippen molar-refractivity contribution in [1.82, 2.24) is 9.88 Å². The summed E-state index contributed by atoms with van der Waals surface area (Å²) in [5.41, 5.74) is 4.83. The average Bonchev–Trinajstić information content (AvgIpc) is 3.53. The van der Waals surface area contributed by atoms with Crippen LogP contribution in [-0.4, -0.2) is 52.4 Å². The van der Waals surface area contributed by atoms with Crippen LogP contribution in [0.3, 0.4) is 0 Å². The van der Waals surface area contributed by atoms with Crippen molar-refractivity contribution < 1.29 is 18.4 Å². The van der Waals surface area contributed by atoms with Gasteiger partial charge >= 0.3 is 0 Å². The van der Waals surface area contributed by atoms with Gasteiger partial charge in [-0.2, -0.15) is 0 Å². The van der Waals surface area contributed by atoms with Crippen LogP contribution >= 0.6 is 23.4 Å². The lowest BCUT2D eigenvalue weighted by Crippen LogP contribution is -2.39. The van der Waals surface area contributed by atoms with Crippen molar-refractivity contribution in [3.05, 3.63) is 70.8 Å². The maximum absolute atomic E-state index is 15.1. The van der Waals surface area contributed by atoms with Crippen LogP contribution in [0.1, 0.15) is 22.5 Å². The Kier molecular flexibility index (Phi) is 6.39. The van der Waals surface area contributed by atoms with Gasteiger partial charge in [0.1, 0.15) is 23.7 Å². The Morgan fingerprint density at radius 3 is 2.76 bits per heavy atom. The highest BCUT2D eigenvalue weighted by atomic mass is 35.5. The number of nitrogens with zero attached hydrogens (tertiary/aromatic N) is 3. The second-order valence-corrected chi connectivity index (χ2v) is 10.2. The fourth-order valence-electron chi connectivity index (χ4n) is 4.10. The first kappa shape index (κ1) is 24.2. The minimum atomic E-state index is -1.58. The first-order valence-electron chi connectivity index (χ1n) is 10.3. The van der Waals surface area contributed by atoms with Gasteiger partial charge in [-0.3, -0.25) is 9.59 Å². The Balaban J connectivity index is 1.67. The molecule has 0 radical (unpaired) electrons. The topological polar surface area (TPSA) is 101 Å². The van der Waals surface area contributed by atoms with E-state index in [2.05, 4.69) is 15.3 Å². The van der Waals surface area contributed by atoms with E-state index in [-0.39, 0.29) is 28.0 Å². The summed E-state index contributed by atoms with van der Waals surface area (Å²) in [4.78, 5) is 34.3. The number of thioether (sulfide) groups is 1. The van der Waals surface area contributed by atoms with Crippen LogP contribution in [0.5, 0.6) is 0 Å². The smallest absolute Gasteiger partial charge is 0.274 e. The summed E-state index contributed by atoms with van der Waals surface area (Å²) in [6.07, 6.45) is 4.92. The van der Waals surface area contributed by atoms with E-state index >= 15 is 4.39 Å². The third-order valence-electron chi connectivity index (χ3n) is 5.94. The van der Waals surface area contributed by atoms with E-state index in [0.717, 1.165) is 6.07 Å². The van der Waals surface area contributed by atoms with Crippen LogP contribution < -0.4 is 11.1 Å². The predicted molar refractivity (Wildman–Crippen MR) is 129 cm³/mol. The number of pyridine rings is 1. The van der Waals surface area contributed by atoms with E-state index in [0.29, 0.717) is 11.4 Å². The van der Waals surface area contributed by atoms with Gasteiger partial charge in [0, 0.05) is 48.3 Å². The zero-order valence-corrected chi connectivity index (χ0v) is 20.0. The van der Waals surface area contributed by atoms with E-state index in [1.54, 1.807) is 20.2 Å². The highest BCUT2D eigenvalue weighted by Crippen LogP contribution is 2.67. The lowest BCUT2D eigenvalue weighted by Gasteiger charge is -2.34. The number of rotatable bonds is 6. The molecule has 1 aromatic carbocycles. The monoisotopic (exact) mass is 505 g/mol.